The fraction of sp³-hybridized carbons (Fsp3) is 0.588. The molecule has 0 spiro atoms. The van der Waals surface area contributed by atoms with Crippen LogP contribution in [0, 0.1) is 5.92 Å². The minimum absolute atomic E-state index is 0.0583. The molecule has 108 valence electrons. The van der Waals surface area contributed by atoms with Gasteiger partial charge < -0.3 is 10.7 Å². The van der Waals surface area contributed by atoms with Gasteiger partial charge >= 0.3 is 0 Å². The Labute approximate surface area is 121 Å². The molecule has 20 heavy (non-hydrogen) atoms. The molecule has 0 radical (unpaired) electrons. The molecule has 1 saturated carbocycles. The van der Waals surface area contributed by atoms with Crippen LogP contribution in [-0.4, -0.2) is 9.97 Å². The van der Waals surface area contributed by atoms with Crippen molar-refractivity contribution < 1.29 is 0 Å². The van der Waals surface area contributed by atoms with Crippen LogP contribution < -0.4 is 5.73 Å². The number of nitrogens with two attached hydrogens (primary N) is 1. The summed E-state index contributed by atoms with van der Waals surface area (Å²) in [6, 6.07) is 6.56. The van der Waals surface area contributed by atoms with E-state index in [1.54, 1.807) is 0 Å². The average molecular weight is 271 g/mol. The molecule has 1 atom stereocenters. The predicted octanol–water partition coefficient (Wildman–Crippen LogP) is 4.05. The fourth-order valence-electron chi connectivity index (χ4n) is 3.19. The second-order valence-corrected chi connectivity index (χ2v) is 7.17. The number of imidazole rings is 1. The quantitative estimate of drug-likeness (QED) is 0.865. The van der Waals surface area contributed by atoms with Crippen LogP contribution in [0.25, 0.3) is 11.0 Å². The third kappa shape index (κ3) is 2.47. The van der Waals surface area contributed by atoms with Gasteiger partial charge in [0.05, 0.1) is 17.1 Å². The largest absolute Gasteiger partial charge is 0.341 e. The van der Waals surface area contributed by atoms with E-state index in [-0.39, 0.29) is 11.5 Å². The molecule has 1 fully saturated rings. The van der Waals surface area contributed by atoms with Gasteiger partial charge in [0.2, 0.25) is 0 Å². The molecule has 3 rings (SSSR count). The number of fused-ring (bicyclic) bond motifs is 1. The maximum Gasteiger partial charge on any atom is 0.124 e. The standard InChI is InChI=1S/C17H25N3/c1-17(2,3)12-8-9-13-14(10-12)20-16(19-13)15(18)11-6-4-5-7-11/h8-11,15H,4-7,18H2,1-3H3,(H,19,20)/t15-/m0/s1. The molecule has 3 heteroatoms. The van der Waals surface area contributed by atoms with Gasteiger partial charge in [-0.3, -0.25) is 0 Å². The van der Waals surface area contributed by atoms with Crippen LogP contribution in [0.2, 0.25) is 0 Å². The maximum atomic E-state index is 6.39. The summed E-state index contributed by atoms with van der Waals surface area (Å²) in [6.07, 6.45) is 5.11. The topological polar surface area (TPSA) is 54.7 Å². The second-order valence-electron chi connectivity index (χ2n) is 7.17. The lowest BCUT2D eigenvalue weighted by Gasteiger charge is -2.18. The van der Waals surface area contributed by atoms with E-state index >= 15 is 0 Å². The normalized spacial score (nSPS) is 18.8. The number of hydrogen-bond acceptors (Lipinski definition) is 2. The molecule has 1 heterocycles. The van der Waals surface area contributed by atoms with E-state index in [0.717, 1.165) is 16.9 Å². The summed E-state index contributed by atoms with van der Waals surface area (Å²) in [5, 5.41) is 0. The molecule has 0 saturated heterocycles. The monoisotopic (exact) mass is 271 g/mol. The Balaban J connectivity index is 1.94. The van der Waals surface area contributed by atoms with Crippen LogP contribution >= 0.6 is 0 Å². The Bertz CT molecular complexity index is 600. The molecule has 3 nitrogen and oxygen atoms in total. The van der Waals surface area contributed by atoms with Crippen molar-refractivity contribution in [3.63, 3.8) is 0 Å². The summed E-state index contributed by atoms with van der Waals surface area (Å²) in [4.78, 5) is 8.15. The summed E-state index contributed by atoms with van der Waals surface area (Å²) in [6.45, 7) is 6.70. The highest BCUT2D eigenvalue weighted by Gasteiger charge is 2.25. The molecule has 0 amide bonds. The Morgan fingerprint density at radius 1 is 1.25 bits per heavy atom. The summed E-state index contributed by atoms with van der Waals surface area (Å²) in [5.41, 5.74) is 10.0. The number of nitrogens with zero attached hydrogens (tertiary/aromatic N) is 1. The third-order valence-corrected chi connectivity index (χ3v) is 4.59. The molecule has 1 aromatic carbocycles. The van der Waals surface area contributed by atoms with Crippen LogP contribution in [0.1, 0.15) is 63.9 Å². The average Bonchev–Trinajstić information content (AvgIpc) is 3.05. The van der Waals surface area contributed by atoms with Crippen molar-refractivity contribution in [3.05, 3.63) is 29.6 Å². The minimum Gasteiger partial charge on any atom is -0.341 e. The number of rotatable bonds is 2. The zero-order chi connectivity index (χ0) is 14.3. The highest BCUT2D eigenvalue weighted by atomic mass is 15.0. The molecular formula is C17H25N3. The molecule has 2 aromatic rings. The van der Waals surface area contributed by atoms with Crippen molar-refractivity contribution in [2.45, 2.75) is 57.9 Å². The van der Waals surface area contributed by atoms with Gasteiger partial charge in [-0.1, -0.05) is 39.7 Å². The maximum absolute atomic E-state index is 6.39. The zero-order valence-electron chi connectivity index (χ0n) is 12.7. The molecule has 0 bridgehead atoms. The Morgan fingerprint density at radius 2 is 1.95 bits per heavy atom. The molecule has 1 aliphatic rings. The van der Waals surface area contributed by atoms with Crippen LogP contribution in [-0.2, 0) is 5.41 Å². The van der Waals surface area contributed by atoms with Gasteiger partial charge in [-0.25, -0.2) is 4.98 Å². The van der Waals surface area contributed by atoms with Gasteiger partial charge in [-0.2, -0.15) is 0 Å². The van der Waals surface area contributed by atoms with Gasteiger partial charge in [0.15, 0.2) is 0 Å². The Kier molecular flexibility index (Phi) is 3.33. The van der Waals surface area contributed by atoms with Crippen LogP contribution in [0.5, 0.6) is 0 Å². The van der Waals surface area contributed by atoms with Crippen LogP contribution in [0.3, 0.4) is 0 Å². The van der Waals surface area contributed by atoms with E-state index in [0.29, 0.717) is 5.92 Å². The third-order valence-electron chi connectivity index (χ3n) is 4.59. The van der Waals surface area contributed by atoms with Crippen LogP contribution in [0.15, 0.2) is 18.2 Å². The lowest BCUT2D eigenvalue weighted by molar-refractivity contribution is 0.431. The van der Waals surface area contributed by atoms with Gasteiger partial charge in [0.1, 0.15) is 5.82 Å². The number of aromatic amines is 1. The predicted molar refractivity (Wildman–Crippen MR) is 83.7 cm³/mol. The van der Waals surface area contributed by atoms with Crippen molar-refractivity contribution >= 4 is 11.0 Å². The van der Waals surface area contributed by atoms with E-state index in [1.165, 1.54) is 31.2 Å². The first kappa shape index (κ1) is 13.6. The Morgan fingerprint density at radius 3 is 2.60 bits per heavy atom. The lowest BCUT2D eigenvalue weighted by Crippen LogP contribution is -2.20. The summed E-state index contributed by atoms with van der Waals surface area (Å²) >= 11 is 0. The van der Waals surface area contributed by atoms with Crippen molar-refractivity contribution in [1.82, 2.24) is 9.97 Å². The molecule has 0 unspecified atom stereocenters. The molecule has 3 N–H and O–H groups in total. The Hall–Kier alpha value is -1.35. The van der Waals surface area contributed by atoms with Crippen molar-refractivity contribution in [1.29, 1.82) is 0 Å². The van der Waals surface area contributed by atoms with Gasteiger partial charge in [-0.05, 0) is 41.9 Å². The van der Waals surface area contributed by atoms with Crippen molar-refractivity contribution in [2.24, 2.45) is 11.7 Å². The fourth-order valence-corrected chi connectivity index (χ4v) is 3.19. The highest BCUT2D eigenvalue weighted by Crippen LogP contribution is 2.34. The van der Waals surface area contributed by atoms with E-state index in [1.807, 2.05) is 0 Å². The second kappa shape index (κ2) is 4.88. The smallest absolute Gasteiger partial charge is 0.124 e. The number of benzene rings is 1. The first-order chi connectivity index (χ1) is 9.45. The van der Waals surface area contributed by atoms with E-state index in [9.17, 15) is 0 Å². The zero-order valence-corrected chi connectivity index (χ0v) is 12.7. The summed E-state index contributed by atoms with van der Waals surface area (Å²) in [7, 11) is 0. The van der Waals surface area contributed by atoms with E-state index < -0.39 is 0 Å². The number of nitrogens with one attached hydrogen (secondary N) is 1. The van der Waals surface area contributed by atoms with E-state index in [4.69, 9.17) is 10.7 Å². The van der Waals surface area contributed by atoms with Gasteiger partial charge in [-0.15, -0.1) is 0 Å². The minimum atomic E-state index is 0.0583. The first-order valence-corrected chi connectivity index (χ1v) is 7.71. The molecular weight excluding hydrogens is 246 g/mol. The number of hydrogen-bond donors (Lipinski definition) is 2. The van der Waals surface area contributed by atoms with E-state index in [2.05, 4.69) is 44.0 Å². The number of H-pyrrole nitrogens is 1. The van der Waals surface area contributed by atoms with Crippen LogP contribution in [0.4, 0.5) is 0 Å². The summed E-state index contributed by atoms with van der Waals surface area (Å²) < 4.78 is 0. The van der Waals surface area contributed by atoms with Crippen molar-refractivity contribution in [2.75, 3.05) is 0 Å². The highest BCUT2D eigenvalue weighted by molar-refractivity contribution is 5.76. The van der Waals surface area contributed by atoms with Crippen molar-refractivity contribution in [3.8, 4) is 0 Å². The molecule has 1 aromatic heterocycles. The number of aromatic nitrogens is 2. The summed E-state index contributed by atoms with van der Waals surface area (Å²) in [5.74, 6) is 1.55. The SMILES string of the molecule is CC(C)(C)c1ccc2nc([C@@H](N)C3CCCC3)[nH]c2c1. The lowest BCUT2D eigenvalue weighted by atomic mass is 9.87. The van der Waals surface area contributed by atoms with Gasteiger partial charge in [0.25, 0.3) is 0 Å². The molecule has 1 aliphatic carbocycles. The van der Waals surface area contributed by atoms with Gasteiger partial charge in [0, 0.05) is 0 Å². The first-order valence-electron chi connectivity index (χ1n) is 7.71. The molecule has 0 aliphatic heterocycles.